The number of aryl methyl sites for hydroxylation is 1. The van der Waals surface area contributed by atoms with E-state index in [1.165, 1.54) is 0 Å². The topological polar surface area (TPSA) is 102 Å². The molecule has 0 spiro atoms. The van der Waals surface area contributed by atoms with Gasteiger partial charge in [-0.25, -0.2) is 9.59 Å². The molecule has 8 nitrogen and oxygen atoms in total. The molecule has 124 valence electrons. The van der Waals surface area contributed by atoms with Crippen molar-refractivity contribution in [1.29, 1.82) is 0 Å². The maximum Gasteiger partial charge on any atom is 0.338 e. The van der Waals surface area contributed by atoms with Crippen LogP contribution in [0.25, 0.3) is 0 Å². The minimum Gasteiger partial charge on any atom is -0.454 e. The van der Waals surface area contributed by atoms with Gasteiger partial charge in [-0.2, -0.15) is 0 Å². The molecule has 8 heteroatoms. The second-order valence-corrected chi connectivity index (χ2v) is 5.31. The highest BCUT2D eigenvalue weighted by Gasteiger charge is 2.29. The third kappa shape index (κ3) is 3.27. The van der Waals surface area contributed by atoms with Gasteiger partial charge in [-0.1, -0.05) is 23.4 Å². The smallest absolute Gasteiger partial charge is 0.338 e. The number of esters is 1. The SMILES string of the molecule is Cc1cc(COC(=O)c2ccccc2CN2C(=O)CNC2=O)on1. The summed E-state index contributed by atoms with van der Waals surface area (Å²) in [6.07, 6.45) is 0. The number of rotatable bonds is 5. The van der Waals surface area contributed by atoms with Crippen LogP contribution in [0, 0.1) is 6.92 Å². The predicted octanol–water partition coefficient (Wildman–Crippen LogP) is 1.39. The van der Waals surface area contributed by atoms with E-state index < -0.39 is 12.0 Å². The van der Waals surface area contributed by atoms with E-state index in [4.69, 9.17) is 9.26 Å². The van der Waals surface area contributed by atoms with Crippen LogP contribution < -0.4 is 5.32 Å². The average molecular weight is 329 g/mol. The fourth-order valence-corrected chi connectivity index (χ4v) is 2.34. The molecule has 1 saturated heterocycles. The van der Waals surface area contributed by atoms with E-state index in [0.717, 1.165) is 4.90 Å². The van der Waals surface area contributed by atoms with Gasteiger partial charge in [0.2, 0.25) is 5.91 Å². The number of hydrogen-bond donors (Lipinski definition) is 1. The lowest BCUT2D eigenvalue weighted by molar-refractivity contribution is -0.125. The summed E-state index contributed by atoms with van der Waals surface area (Å²) >= 11 is 0. The monoisotopic (exact) mass is 329 g/mol. The fourth-order valence-electron chi connectivity index (χ4n) is 2.34. The van der Waals surface area contributed by atoms with Crippen molar-refractivity contribution in [2.24, 2.45) is 0 Å². The minimum atomic E-state index is -0.563. The van der Waals surface area contributed by atoms with Crippen LogP contribution in [-0.4, -0.2) is 34.5 Å². The summed E-state index contributed by atoms with van der Waals surface area (Å²) in [6.45, 7) is 1.70. The van der Waals surface area contributed by atoms with Crippen molar-refractivity contribution in [3.8, 4) is 0 Å². The van der Waals surface area contributed by atoms with Crippen LogP contribution in [0.4, 0.5) is 4.79 Å². The van der Waals surface area contributed by atoms with E-state index in [9.17, 15) is 14.4 Å². The van der Waals surface area contributed by atoms with Gasteiger partial charge < -0.3 is 14.6 Å². The molecule has 2 aromatic rings. The molecule has 0 bridgehead atoms. The largest absolute Gasteiger partial charge is 0.454 e. The molecule has 0 saturated carbocycles. The molecule has 3 amide bonds. The Morgan fingerprint density at radius 3 is 2.83 bits per heavy atom. The van der Waals surface area contributed by atoms with Gasteiger partial charge in [0.1, 0.15) is 0 Å². The lowest BCUT2D eigenvalue weighted by Crippen LogP contribution is -2.31. The predicted molar refractivity (Wildman–Crippen MR) is 80.8 cm³/mol. The number of imide groups is 1. The summed E-state index contributed by atoms with van der Waals surface area (Å²) in [4.78, 5) is 36.7. The fraction of sp³-hybridized carbons (Fsp3) is 0.250. The zero-order valence-electron chi connectivity index (χ0n) is 12.9. The standard InChI is InChI=1S/C16H15N3O5/c1-10-6-12(24-18-10)9-23-15(21)13-5-3-2-4-11(13)8-19-14(20)7-17-16(19)22/h2-6H,7-9H2,1H3,(H,17,22). The third-order valence-electron chi connectivity index (χ3n) is 3.53. The molecule has 1 fully saturated rings. The molecule has 0 radical (unpaired) electrons. The first-order valence-corrected chi connectivity index (χ1v) is 7.30. The van der Waals surface area contributed by atoms with Crippen LogP contribution >= 0.6 is 0 Å². The number of benzene rings is 1. The highest BCUT2D eigenvalue weighted by molar-refractivity contribution is 6.02. The van der Waals surface area contributed by atoms with Crippen LogP contribution in [0.5, 0.6) is 0 Å². The van der Waals surface area contributed by atoms with Gasteiger partial charge in [0.05, 0.1) is 24.3 Å². The Labute approximate surface area is 137 Å². The minimum absolute atomic E-state index is 0.0113. The summed E-state index contributed by atoms with van der Waals surface area (Å²) in [5, 5.41) is 6.15. The molecule has 24 heavy (non-hydrogen) atoms. The summed E-state index contributed by atoms with van der Waals surface area (Å²) in [5.41, 5.74) is 1.52. The van der Waals surface area contributed by atoms with E-state index >= 15 is 0 Å². The summed E-state index contributed by atoms with van der Waals surface area (Å²) < 4.78 is 10.2. The summed E-state index contributed by atoms with van der Waals surface area (Å²) in [7, 11) is 0. The van der Waals surface area contributed by atoms with Gasteiger partial charge >= 0.3 is 12.0 Å². The maximum absolute atomic E-state index is 12.3. The van der Waals surface area contributed by atoms with Crippen LogP contribution in [-0.2, 0) is 22.7 Å². The Hall–Kier alpha value is -3.16. The number of carbonyl (C=O) groups excluding carboxylic acids is 3. The van der Waals surface area contributed by atoms with Crippen molar-refractivity contribution >= 4 is 17.9 Å². The van der Waals surface area contributed by atoms with Gasteiger partial charge in [-0.05, 0) is 18.6 Å². The van der Waals surface area contributed by atoms with Crippen LogP contribution in [0.1, 0.15) is 27.4 Å². The molecule has 1 aliphatic heterocycles. The van der Waals surface area contributed by atoms with Gasteiger partial charge in [0.25, 0.3) is 0 Å². The van der Waals surface area contributed by atoms with Crippen LogP contribution in [0.2, 0.25) is 0 Å². The highest BCUT2D eigenvalue weighted by Crippen LogP contribution is 2.16. The number of aromatic nitrogens is 1. The number of hydrogen-bond acceptors (Lipinski definition) is 6. The molecular formula is C16H15N3O5. The van der Waals surface area contributed by atoms with Crippen LogP contribution in [0.3, 0.4) is 0 Å². The van der Waals surface area contributed by atoms with Gasteiger partial charge in [0, 0.05) is 6.07 Å². The van der Waals surface area contributed by atoms with Gasteiger partial charge in [-0.15, -0.1) is 0 Å². The van der Waals surface area contributed by atoms with Gasteiger partial charge in [-0.3, -0.25) is 9.69 Å². The van der Waals surface area contributed by atoms with E-state index in [2.05, 4.69) is 10.5 Å². The molecule has 1 aliphatic rings. The zero-order chi connectivity index (χ0) is 17.1. The summed E-state index contributed by atoms with van der Waals surface area (Å²) in [6, 6.07) is 7.87. The van der Waals surface area contributed by atoms with Gasteiger partial charge in [0.15, 0.2) is 12.4 Å². The number of nitrogens with zero attached hydrogens (tertiary/aromatic N) is 2. The van der Waals surface area contributed by atoms with Crippen molar-refractivity contribution < 1.29 is 23.6 Å². The normalized spacial score (nSPS) is 14.0. The molecule has 1 aromatic carbocycles. The number of urea groups is 1. The number of carbonyl (C=O) groups is 3. The van der Waals surface area contributed by atoms with E-state index in [1.807, 2.05) is 0 Å². The first-order valence-electron chi connectivity index (χ1n) is 7.30. The lowest BCUT2D eigenvalue weighted by Gasteiger charge is -2.15. The Morgan fingerprint density at radius 1 is 1.38 bits per heavy atom. The Kier molecular flexibility index (Phi) is 4.28. The van der Waals surface area contributed by atoms with Crippen molar-refractivity contribution in [3.63, 3.8) is 0 Å². The Bertz CT molecular complexity index is 783. The van der Waals surface area contributed by atoms with Crippen molar-refractivity contribution in [2.75, 3.05) is 6.54 Å². The average Bonchev–Trinajstić information content (AvgIpc) is 3.13. The second kappa shape index (κ2) is 6.53. The van der Waals surface area contributed by atoms with E-state index in [0.29, 0.717) is 22.6 Å². The third-order valence-corrected chi connectivity index (χ3v) is 3.53. The first kappa shape index (κ1) is 15.7. The number of amides is 3. The Balaban J connectivity index is 1.72. The van der Waals surface area contributed by atoms with E-state index in [1.54, 1.807) is 37.3 Å². The molecule has 2 heterocycles. The van der Waals surface area contributed by atoms with Crippen molar-refractivity contribution in [3.05, 3.63) is 52.9 Å². The molecule has 1 N–H and O–H groups in total. The summed E-state index contributed by atoms with van der Waals surface area (Å²) in [5.74, 6) is -0.459. The van der Waals surface area contributed by atoms with Crippen LogP contribution in [0.15, 0.2) is 34.9 Å². The quantitative estimate of drug-likeness (QED) is 0.657. The first-order chi connectivity index (χ1) is 11.5. The Morgan fingerprint density at radius 2 is 2.17 bits per heavy atom. The molecule has 0 unspecified atom stereocenters. The highest BCUT2D eigenvalue weighted by atomic mass is 16.5. The number of ether oxygens (including phenoxy) is 1. The number of nitrogens with one attached hydrogen (secondary N) is 1. The molecule has 0 aliphatic carbocycles. The molecule has 1 aromatic heterocycles. The molecule has 0 atom stereocenters. The van der Waals surface area contributed by atoms with Crippen molar-refractivity contribution in [1.82, 2.24) is 15.4 Å². The maximum atomic E-state index is 12.3. The van der Waals surface area contributed by atoms with E-state index in [-0.39, 0.29) is 25.6 Å². The second-order valence-electron chi connectivity index (χ2n) is 5.31. The lowest BCUT2D eigenvalue weighted by atomic mass is 10.1. The molecular weight excluding hydrogens is 314 g/mol. The van der Waals surface area contributed by atoms with Crippen molar-refractivity contribution in [2.45, 2.75) is 20.1 Å². The molecule has 3 rings (SSSR count). The zero-order valence-corrected chi connectivity index (χ0v) is 12.9.